The third-order valence-corrected chi connectivity index (χ3v) is 32.5. The molecule has 0 atom stereocenters. The predicted molar refractivity (Wildman–Crippen MR) is 515 cm³/mol. The van der Waals surface area contributed by atoms with Gasteiger partial charge in [-0.25, -0.2) is 24.6 Å². The fourth-order valence-corrected chi connectivity index (χ4v) is 22.7. The van der Waals surface area contributed by atoms with Gasteiger partial charge in [-0.3, -0.25) is 34.2 Å². The van der Waals surface area contributed by atoms with Crippen LogP contribution in [0.25, 0.3) is 66.4 Å². The number of fused-ring (bicyclic) bond motifs is 4. The van der Waals surface area contributed by atoms with E-state index in [0.717, 1.165) is 205 Å². The van der Waals surface area contributed by atoms with Crippen molar-refractivity contribution in [2.24, 2.45) is 4.99 Å². The molecule has 0 spiro atoms. The van der Waals surface area contributed by atoms with E-state index in [1.165, 1.54) is 108 Å². The highest BCUT2D eigenvalue weighted by atomic mass is 79.9. The quantitative estimate of drug-likeness (QED) is 0.0272. The third-order valence-electron chi connectivity index (χ3n) is 24.0. The normalized spacial score (nSPS) is 16.9. The van der Waals surface area contributed by atoms with E-state index in [2.05, 4.69) is 199 Å². The summed E-state index contributed by atoms with van der Waals surface area (Å²) in [6.07, 6.45) is 40.2. The first-order chi connectivity index (χ1) is 60.8. The summed E-state index contributed by atoms with van der Waals surface area (Å²) in [5.41, 5.74) is 11.0. The second-order valence-corrected chi connectivity index (χ2v) is 53.1. The zero-order chi connectivity index (χ0) is 85.8. The number of anilines is 6. The van der Waals surface area contributed by atoms with E-state index in [4.69, 9.17) is 34.5 Å². The number of aromatic nitrogens is 20. The Balaban J connectivity index is 0.000000118. The molecule has 4 aliphatic carbocycles. The number of nitrogens with one attached hydrogen (secondary N) is 3. The van der Waals surface area contributed by atoms with Crippen molar-refractivity contribution in [3.63, 3.8) is 0 Å². The summed E-state index contributed by atoms with van der Waals surface area (Å²) in [6.45, 7) is 20.9. The van der Waals surface area contributed by atoms with E-state index < -0.39 is 16.1 Å². The molecule has 0 bridgehead atoms. The number of hydrogen-bond donors (Lipinski definition) is 3. The SMILES string of the molecule is CN1CCC(n2cc(-c3cnc4ccc(Nc5nnc(C6CCCC6)s5)nc4c3)cn2)CC1.C[Si](C)(C)CCOCN(c1ccc2ncc(Br)cc2n1)c1nnc(C2CCCC2)s1.C[Si](C)(C)CCOCn1nc(C2CCCC2)sc1=Nc1ccc2ncc(Br)cc2n1.c1nc2ccc(Nc3nnc(C4CCCC4)s3)nc2cc1-c1cnn(C2CCNCC2)c1. The van der Waals surface area contributed by atoms with Crippen molar-refractivity contribution < 1.29 is 9.47 Å². The van der Waals surface area contributed by atoms with E-state index in [0.29, 0.717) is 55.0 Å². The molecule has 0 amide bonds. The average Bonchev–Trinajstić information content (AvgIpc) is 1.79. The minimum Gasteiger partial charge on any atom is -0.361 e. The maximum absolute atomic E-state index is 6.09. The molecule has 125 heavy (non-hydrogen) atoms. The van der Waals surface area contributed by atoms with Crippen LogP contribution in [0.15, 0.2) is 136 Å². The maximum atomic E-state index is 6.09. The lowest BCUT2D eigenvalue weighted by molar-refractivity contribution is 0.0757. The highest BCUT2D eigenvalue weighted by molar-refractivity contribution is 9.10. The molecule has 2 aliphatic heterocycles. The number of pyridine rings is 8. The van der Waals surface area contributed by atoms with Gasteiger partial charge in [0.05, 0.1) is 68.6 Å². The lowest BCUT2D eigenvalue weighted by atomic mass is 10.1. The smallest absolute Gasteiger partial charge is 0.215 e. The molecule has 0 unspecified atom stereocenters. The molecule has 4 saturated carbocycles. The average molecular weight is 1920 g/mol. The van der Waals surface area contributed by atoms with Crippen molar-refractivity contribution in [3.05, 3.63) is 156 Å². The molecule has 0 radical (unpaired) electrons. The summed E-state index contributed by atoms with van der Waals surface area (Å²) in [4.78, 5) is 47.3. The highest BCUT2D eigenvalue weighted by Crippen LogP contribution is 2.42. The molecule has 20 rings (SSSR count). The molecule has 654 valence electrons. The topological polar surface area (TPSA) is 307 Å². The van der Waals surface area contributed by atoms with E-state index in [-0.39, 0.29) is 0 Å². The van der Waals surface area contributed by atoms with Crippen LogP contribution in [0.5, 0.6) is 0 Å². The lowest BCUT2D eigenvalue weighted by Gasteiger charge is -2.28. The summed E-state index contributed by atoms with van der Waals surface area (Å²) < 4.78 is 20.0. The van der Waals surface area contributed by atoms with Crippen molar-refractivity contribution in [3.8, 4) is 22.3 Å². The molecule has 36 heteroatoms. The number of hydrogen-bond acceptors (Lipinski definition) is 29. The fourth-order valence-electron chi connectivity index (χ4n) is 16.7. The van der Waals surface area contributed by atoms with E-state index in [9.17, 15) is 0 Å². The van der Waals surface area contributed by atoms with Crippen LogP contribution >= 0.6 is 77.2 Å². The van der Waals surface area contributed by atoms with Crippen molar-refractivity contribution in [2.75, 3.05) is 68.7 Å². The molecular weight excluding hydrogens is 1810 g/mol. The molecule has 14 aromatic heterocycles. The Morgan fingerprint density at radius 1 is 0.464 bits per heavy atom. The van der Waals surface area contributed by atoms with Crippen molar-refractivity contribution in [1.82, 2.24) is 110 Å². The first-order valence-electron chi connectivity index (χ1n) is 44.3. The van der Waals surface area contributed by atoms with E-state index >= 15 is 0 Å². The van der Waals surface area contributed by atoms with Crippen LogP contribution in [-0.4, -0.2) is 174 Å². The van der Waals surface area contributed by atoms with Crippen molar-refractivity contribution >= 4 is 176 Å². The largest absolute Gasteiger partial charge is 0.361 e. The van der Waals surface area contributed by atoms with Crippen LogP contribution < -0.4 is 25.7 Å². The number of halogens is 2. The highest BCUT2D eigenvalue weighted by Gasteiger charge is 2.29. The van der Waals surface area contributed by atoms with Gasteiger partial charge in [-0.15, -0.1) is 30.6 Å². The van der Waals surface area contributed by atoms with Crippen LogP contribution in [0.2, 0.25) is 51.4 Å². The minimum absolute atomic E-state index is 0.420. The Labute approximate surface area is 764 Å². The number of piperidine rings is 2. The predicted octanol–water partition coefficient (Wildman–Crippen LogP) is 21.9. The third kappa shape index (κ3) is 23.6. The number of likely N-dealkylation sites (tertiary alicyclic amines) is 1. The molecule has 14 aromatic rings. The first kappa shape index (κ1) is 88.4. The van der Waals surface area contributed by atoms with Crippen LogP contribution in [0.3, 0.4) is 0 Å². The van der Waals surface area contributed by atoms with E-state index in [1.54, 1.807) is 57.7 Å². The van der Waals surface area contributed by atoms with Gasteiger partial charge < -0.3 is 30.3 Å². The van der Waals surface area contributed by atoms with Gasteiger partial charge in [-0.05, 0) is 227 Å². The van der Waals surface area contributed by atoms with Gasteiger partial charge in [0, 0.05) is 121 Å². The van der Waals surface area contributed by atoms with Crippen LogP contribution in [0, 0.1) is 0 Å². The Morgan fingerprint density at radius 2 is 0.920 bits per heavy atom. The number of nitrogens with zero attached hydrogens (tertiary/aromatic N) is 23. The summed E-state index contributed by atoms with van der Waals surface area (Å²) in [7, 11) is -0.0723. The maximum Gasteiger partial charge on any atom is 0.215 e. The first-order valence-corrected chi connectivity index (χ1v) is 56.5. The van der Waals surface area contributed by atoms with Crippen molar-refractivity contribution in [1.29, 1.82) is 0 Å². The van der Waals surface area contributed by atoms with Gasteiger partial charge in [-0.2, -0.15) is 20.3 Å². The molecule has 28 nitrogen and oxygen atoms in total. The summed E-state index contributed by atoms with van der Waals surface area (Å²) >= 11 is 13.6. The Kier molecular flexibility index (Phi) is 29.1. The molecule has 16 heterocycles. The lowest BCUT2D eigenvalue weighted by Crippen LogP contribution is -2.31. The Hall–Kier alpha value is -8.67. The molecular formula is C89H110Br2N26O2S4Si2. The van der Waals surface area contributed by atoms with Gasteiger partial charge in [-0.1, -0.05) is 136 Å². The molecule has 3 N–H and O–H groups in total. The minimum atomic E-state index is -1.14. The zero-order valence-corrected chi connectivity index (χ0v) is 80.7. The zero-order valence-electron chi connectivity index (χ0n) is 72.2. The van der Waals surface area contributed by atoms with E-state index in [1.807, 2.05) is 95.0 Å². The molecule has 6 aliphatic rings. The van der Waals surface area contributed by atoms with Crippen LogP contribution in [0.1, 0.15) is 184 Å². The van der Waals surface area contributed by atoms with Crippen molar-refractivity contribution in [2.45, 2.75) is 222 Å². The number of rotatable bonds is 25. The fraction of sp³-hybridized carbons (Fsp3) is 0.483. The summed E-state index contributed by atoms with van der Waals surface area (Å²) in [6, 6.07) is 27.1. The van der Waals surface area contributed by atoms with Gasteiger partial charge >= 0.3 is 0 Å². The monoisotopic (exact) mass is 1920 g/mol. The van der Waals surface area contributed by atoms with Gasteiger partial charge in [0.15, 0.2) is 5.82 Å². The number of ether oxygens (including phenoxy) is 2. The van der Waals surface area contributed by atoms with Gasteiger partial charge in [0.25, 0.3) is 0 Å². The van der Waals surface area contributed by atoms with Crippen LogP contribution in [-0.2, 0) is 16.2 Å². The summed E-state index contributed by atoms with van der Waals surface area (Å²) in [5, 5.41) is 57.8. The molecule has 0 aromatic carbocycles. The second-order valence-electron chi connectivity index (χ2n) is 36.0. The molecule has 6 fully saturated rings. The standard InChI is InChI=1S/C24H28N8S.C23H26N8S.2C21H28BrN5OSSi/c1-31-10-8-19(9-11-31)32-15-18(14-26-32)17-12-21-20(25-13-17)6-7-22(27-21)28-24-30-29-23(33-24)16-4-2-3-5-16;1-2-4-15(3-1)22-29-30-23(32-22)28-21-6-5-19-20(27-21)11-16(12-25-19)17-13-26-31(14-17)18-7-9-24-10-8-18;1-30(2,3)11-10-28-14-27(21-26-25-20(29-21)15-6-4-5-7-15)19-9-8-17-18(24-19)12-16(22)13-23-17;1-30(2,3)11-10-28-14-27-21(29-20(26-27)15-6-4-5-7-15)25-19-9-8-17-18(24-19)12-16(22)13-23-17/h6-7,12-16,19H,2-5,8-11H2,1H3,(H,27,28,30);5-6,11-15,18,24H,1-4,7-10H2,(H,27,28,30);2*8-9,12-13,15H,4-7,10-11,14H2,1-3H3. The van der Waals surface area contributed by atoms with Gasteiger partial charge in [0.2, 0.25) is 20.2 Å². The molecule has 2 saturated heterocycles. The Morgan fingerprint density at radius 3 is 1.45 bits per heavy atom. The summed E-state index contributed by atoms with van der Waals surface area (Å²) in [5.74, 6) is 5.25. The van der Waals surface area contributed by atoms with Gasteiger partial charge in [0.1, 0.15) is 50.9 Å². The Bertz CT molecular complexity index is 6010. The van der Waals surface area contributed by atoms with Crippen LogP contribution in [0.4, 0.5) is 38.7 Å². The second kappa shape index (κ2) is 41.2.